The highest BCUT2D eigenvalue weighted by Gasteiger charge is 2.26. The van der Waals surface area contributed by atoms with Crippen LogP contribution >= 0.6 is 11.8 Å². The van der Waals surface area contributed by atoms with E-state index in [1.165, 1.54) is 4.90 Å². The molecule has 0 aliphatic carbocycles. The van der Waals surface area contributed by atoms with Crippen LogP contribution in [0.4, 0.5) is 0 Å². The molecule has 1 aliphatic rings. The molecule has 1 unspecified atom stereocenters. The van der Waals surface area contributed by atoms with Crippen molar-refractivity contribution in [1.82, 2.24) is 9.88 Å². The van der Waals surface area contributed by atoms with Crippen molar-refractivity contribution in [3.63, 3.8) is 0 Å². The second-order valence-corrected chi connectivity index (χ2v) is 6.87. The van der Waals surface area contributed by atoms with E-state index in [0.29, 0.717) is 0 Å². The first kappa shape index (κ1) is 16.2. The lowest BCUT2D eigenvalue weighted by atomic mass is 9.90. The molecule has 120 valence electrons. The first-order valence-corrected chi connectivity index (χ1v) is 9.29. The molecule has 2 heterocycles. The van der Waals surface area contributed by atoms with Gasteiger partial charge in [0.25, 0.3) is 0 Å². The summed E-state index contributed by atoms with van der Waals surface area (Å²) in [6.45, 7) is 2.71. The normalized spacial score (nSPS) is 18.7. The molecule has 1 aromatic heterocycles. The Morgan fingerprint density at radius 2 is 2.09 bits per heavy atom. The van der Waals surface area contributed by atoms with Crippen LogP contribution in [-0.4, -0.2) is 35.0 Å². The number of aromatic nitrogens is 1. The van der Waals surface area contributed by atoms with E-state index in [1.807, 2.05) is 54.9 Å². The molecule has 0 radical (unpaired) electrons. The van der Waals surface area contributed by atoms with Crippen LogP contribution < -0.4 is 0 Å². The van der Waals surface area contributed by atoms with Gasteiger partial charge >= 0.3 is 0 Å². The summed E-state index contributed by atoms with van der Waals surface area (Å²) in [4.78, 5) is 20.7. The van der Waals surface area contributed by atoms with Gasteiger partial charge < -0.3 is 0 Å². The fourth-order valence-corrected chi connectivity index (χ4v) is 3.53. The number of hydrogen-bond donors (Lipinski definition) is 0. The molecule has 23 heavy (non-hydrogen) atoms. The van der Waals surface area contributed by atoms with Crippen molar-refractivity contribution in [2.75, 3.05) is 19.3 Å². The maximum Gasteiger partial charge on any atom is 0.167 e. The summed E-state index contributed by atoms with van der Waals surface area (Å²) >= 11 is 1.70. The minimum Gasteiger partial charge on any atom is -0.297 e. The zero-order valence-electron chi connectivity index (χ0n) is 13.4. The topological polar surface area (TPSA) is 33.2 Å². The second-order valence-electron chi connectivity index (χ2n) is 5.99. The number of piperidine rings is 1. The van der Waals surface area contributed by atoms with Gasteiger partial charge in [-0.1, -0.05) is 18.2 Å². The zero-order valence-corrected chi connectivity index (χ0v) is 14.3. The first-order chi connectivity index (χ1) is 11.3. The number of pyridine rings is 1. The average molecular weight is 326 g/mol. The van der Waals surface area contributed by atoms with E-state index < -0.39 is 0 Å². The average Bonchev–Trinajstić information content (AvgIpc) is 2.62. The second kappa shape index (κ2) is 7.75. The Kier molecular flexibility index (Phi) is 5.47. The van der Waals surface area contributed by atoms with Gasteiger partial charge in [0.2, 0.25) is 0 Å². The summed E-state index contributed by atoms with van der Waals surface area (Å²) in [5.41, 5.74) is 1.91. The molecular weight excluding hydrogens is 304 g/mol. The molecule has 0 saturated carbocycles. The van der Waals surface area contributed by atoms with Crippen LogP contribution in [0.5, 0.6) is 0 Å². The Bertz CT molecular complexity index is 642. The molecule has 2 aromatic rings. The van der Waals surface area contributed by atoms with E-state index in [4.69, 9.17) is 0 Å². The lowest BCUT2D eigenvalue weighted by molar-refractivity contribution is 0.0810. The molecule has 1 aromatic carbocycles. The third-order valence-corrected chi connectivity index (χ3v) is 5.11. The van der Waals surface area contributed by atoms with Gasteiger partial charge in [0.1, 0.15) is 0 Å². The van der Waals surface area contributed by atoms with Crippen molar-refractivity contribution in [2.45, 2.75) is 24.3 Å². The number of nitrogens with zero attached hydrogens (tertiary/aromatic N) is 2. The monoisotopic (exact) mass is 326 g/mol. The summed E-state index contributed by atoms with van der Waals surface area (Å²) in [6.07, 6.45) is 5.94. The predicted molar refractivity (Wildman–Crippen MR) is 94.8 cm³/mol. The van der Waals surface area contributed by atoms with Gasteiger partial charge in [0.15, 0.2) is 5.78 Å². The van der Waals surface area contributed by atoms with E-state index in [0.717, 1.165) is 43.7 Å². The lowest BCUT2D eigenvalue weighted by Crippen LogP contribution is -2.38. The van der Waals surface area contributed by atoms with E-state index in [2.05, 4.69) is 9.88 Å². The van der Waals surface area contributed by atoms with Crippen LogP contribution in [0, 0.1) is 5.92 Å². The third-order valence-electron chi connectivity index (χ3n) is 4.36. The van der Waals surface area contributed by atoms with Gasteiger partial charge in [-0.05, 0) is 49.9 Å². The molecule has 3 nitrogen and oxygen atoms in total. The highest BCUT2D eigenvalue weighted by molar-refractivity contribution is 7.98. The molecule has 1 atom stereocenters. The summed E-state index contributed by atoms with van der Waals surface area (Å²) in [7, 11) is 0. The summed E-state index contributed by atoms with van der Waals surface area (Å²) in [5, 5.41) is 0. The number of carbonyl (C=O) groups is 1. The van der Waals surface area contributed by atoms with Gasteiger partial charge in [0, 0.05) is 35.7 Å². The highest BCUT2D eigenvalue weighted by Crippen LogP contribution is 2.23. The third kappa shape index (κ3) is 4.21. The number of Topliss-reactive ketones (excluding diaryl/α,β-unsaturated/α-hetero) is 1. The van der Waals surface area contributed by atoms with Crippen LogP contribution in [0.1, 0.15) is 28.9 Å². The summed E-state index contributed by atoms with van der Waals surface area (Å²) in [5.74, 6) is 0.385. The summed E-state index contributed by atoms with van der Waals surface area (Å²) in [6, 6.07) is 14.0. The standard InChI is InChI=1S/C19H22N2OS/c1-23-18-9-7-15(8-10-18)19(22)16-5-4-12-21(13-16)14-17-6-2-3-11-20-17/h2-3,6-11,16H,4-5,12-14H2,1H3. The Morgan fingerprint density at radius 3 is 2.78 bits per heavy atom. The van der Waals surface area contributed by atoms with Crippen LogP contribution in [0.15, 0.2) is 53.6 Å². The van der Waals surface area contributed by atoms with Crippen molar-refractivity contribution >= 4 is 17.5 Å². The molecule has 4 heteroatoms. The number of hydrogen-bond acceptors (Lipinski definition) is 4. The van der Waals surface area contributed by atoms with Crippen LogP contribution in [0.25, 0.3) is 0 Å². The molecule has 1 fully saturated rings. The molecule has 1 saturated heterocycles. The van der Waals surface area contributed by atoms with Gasteiger partial charge in [0.05, 0.1) is 5.69 Å². The number of thioether (sulfide) groups is 1. The Morgan fingerprint density at radius 1 is 1.26 bits per heavy atom. The van der Waals surface area contributed by atoms with Gasteiger partial charge in [-0.3, -0.25) is 14.7 Å². The predicted octanol–water partition coefficient (Wildman–Crippen LogP) is 3.90. The van der Waals surface area contributed by atoms with Gasteiger partial charge in [-0.2, -0.15) is 0 Å². The largest absolute Gasteiger partial charge is 0.297 e. The van der Waals surface area contributed by atoms with Crippen LogP contribution in [0.3, 0.4) is 0 Å². The van der Waals surface area contributed by atoms with E-state index in [9.17, 15) is 4.79 Å². The SMILES string of the molecule is CSc1ccc(C(=O)C2CCCN(Cc3ccccn3)C2)cc1. The zero-order chi connectivity index (χ0) is 16.1. The maximum atomic E-state index is 12.7. The molecule has 1 aliphatic heterocycles. The molecular formula is C19H22N2OS. The molecule has 0 bridgehead atoms. The molecule has 0 N–H and O–H groups in total. The maximum absolute atomic E-state index is 12.7. The fourth-order valence-electron chi connectivity index (χ4n) is 3.12. The number of rotatable bonds is 5. The Labute approximate surface area is 142 Å². The van der Waals surface area contributed by atoms with Crippen molar-refractivity contribution in [2.24, 2.45) is 5.92 Å². The molecule has 3 rings (SSSR count). The Hall–Kier alpha value is -1.65. The number of benzene rings is 1. The van der Waals surface area contributed by atoms with Gasteiger partial charge in [-0.15, -0.1) is 11.8 Å². The smallest absolute Gasteiger partial charge is 0.167 e. The van der Waals surface area contributed by atoms with Crippen LogP contribution in [-0.2, 0) is 6.54 Å². The number of likely N-dealkylation sites (tertiary alicyclic amines) is 1. The highest BCUT2D eigenvalue weighted by atomic mass is 32.2. The van der Waals surface area contributed by atoms with Crippen molar-refractivity contribution in [1.29, 1.82) is 0 Å². The van der Waals surface area contributed by atoms with Gasteiger partial charge in [-0.25, -0.2) is 0 Å². The lowest BCUT2D eigenvalue weighted by Gasteiger charge is -2.31. The first-order valence-electron chi connectivity index (χ1n) is 8.07. The quantitative estimate of drug-likeness (QED) is 0.616. The van der Waals surface area contributed by atoms with Crippen LogP contribution in [0.2, 0.25) is 0 Å². The summed E-state index contributed by atoms with van der Waals surface area (Å²) < 4.78 is 0. The Balaban J connectivity index is 1.64. The van der Waals surface area contributed by atoms with Crippen molar-refractivity contribution < 1.29 is 4.79 Å². The van der Waals surface area contributed by atoms with Crippen molar-refractivity contribution in [3.8, 4) is 0 Å². The van der Waals surface area contributed by atoms with E-state index >= 15 is 0 Å². The van der Waals surface area contributed by atoms with E-state index in [1.54, 1.807) is 11.8 Å². The molecule has 0 spiro atoms. The minimum absolute atomic E-state index is 0.104. The number of carbonyl (C=O) groups excluding carboxylic acids is 1. The minimum atomic E-state index is 0.104. The fraction of sp³-hybridized carbons (Fsp3) is 0.368. The van der Waals surface area contributed by atoms with E-state index in [-0.39, 0.29) is 11.7 Å². The number of ketones is 1. The van der Waals surface area contributed by atoms with Crippen molar-refractivity contribution in [3.05, 3.63) is 59.9 Å². The molecule has 0 amide bonds.